The van der Waals surface area contributed by atoms with E-state index in [2.05, 4.69) is 40.1 Å². The molecule has 1 atom stereocenters. The van der Waals surface area contributed by atoms with E-state index in [0.29, 0.717) is 0 Å². The summed E-state index contributed by atoms with van der Waals surface area (Å²) in [5.41, 5.74) is 1.32. The molecule has 0 aliphatic carbocycles. The number of rotatable bonds is 4. The average Bonchev–Trinajstić information content (AvgIpc) is 2.38. The van der Waals surface area contributed by atoms with Crippen molar-refractivity contribution in [2.45, 2.75) is 19.4 Å². The molecular formula is C14H22N2O. The lowest BCUT2D eigenvalue weighted by molar-refractivity contribution is 0.153. The fourth-order valence-electron chi connectivity index (χ4n) is 2.24. The maximum atomic E-state index is 9.28. The molecule has 2 rings (SSSR count). The van der Waals surface area contributed by atoms with Gasteiger partial charge in [-0.05, 0) is 25.5 Å². The third-order valence-corrected chi connectivity index (χ3v) is 3.36. The lowest BCUT2D eigenvalue weighted by Crippen LogP contribution is -2.47. The van der Waals surface area contributed by atoms with Gasteiger partial charge in [0.2, 0.25) is 0 Å². The van der Waals surface area contributed by atoms with E-state index in [0.717, 1.165) is 39.1 Å². The van der Waals surface area contributed by atoms with Crippen LogP contribution in [0.25, 0.3) is 0 Å². The summed E-state index contributed by atoms with van der Waals surface area (Å²) >= 11 is 0. The molecule has 3 heteroatoms. The predicted molar refractivity (Wildman–Crippen MR) is 71.4 cm³/mol. The van der Waals surface area contributed by atoms with Gasteiger partial charge >= 0.3 is 0 Å². The Kier molecular flexibility index (Phi) is 4.40. The van der Waals surface area contributed by atoms with Gasteiger partial charge in [-0.2, -0.15) is 0 Å². The molecule has 3 nitrogen and oxygen atoms in total. The van der Waals surface area contributed by atoms with Gasteiger partial charge < -0.3 is 10.0 Å². The van der Waals surface area contributed by atoms with Crippen LogP contribution in [0.15, 0.2) is 30.3 Å². The summed E-state index contributed by atoms with van der Waals surface area (Å²) in [4.78, 5) is 4.87. The first-order valence-corrected chi connectivity index (χ1v) is 6.46. The minimum Gasteiger partial charge on any atom is -0.393 e. The summed E-state index contributed by atoms with van der Waals surface area (Å²) in [5, 5.41) is 9.28. The first kappa shape index (κ1) is 12.4. The Morgan fingerprint density at radius 3 is 2.35 bits per heavy atom. The van der Waals surface area contributed by atoms with Crippen molar-refractivity contribution in [3.05, 3.63) is 30.3 Å². The monoisotopic (exact) mass is 234 g/mol. The van der Waals surface area contributed by atoms with E-state index in [9.17, 15) is 5.11 Å². The highest BCUT2D eigenvalue weighted by Gasteiger charge is 2.16. The van der Waals surface area contributed by atoms with Crippen LogP contribution in [0.3, 0.4) is 0 Å². The van der Waals surface area contributed by atoms with E-state index < -0.39 is 0 Å². The average molecular weight is 234 g/mol. The minimum absolute atomic E-state index is 0.179. The van der Waals surface area contributed by atoms with E-state index in [1.165, 1.54) is 5.69 Å². The van der Waals surface area contributed by atoms with E-state index in [-0.39, 0.29) is 6.10 Å². The van der Waals surface area contributed by atoms with Crippen molar-refractivity contribution in [1.29, 1.82) is 0 Å². The van der Waals surface area contributed by atoms with E-state index in [4.69, 9.17) is 0 Å². The summed E-state index contributed by atoms with van der Waals surface area (Å²) in [5.74, 6) is 0. The molecule has 1 aromatic carbocycles. The molecule has 0 bridgehead atoms. The molecule has 1 saturated heterocycles. The highest BCUT2D eigenvalue weighted by molar-refractivity contribution is 5.46. The highest BCUT2D eigenvalue weighted by Crippen LogP contribution is 2.15. The number of para-hydroxylation sites is 1. The van der Waals surface area contributed by atoms with Gasteiger partial charge in [0, 0.05) is 38.4 Å². The second-order valence-corrected chi connectivity index (χ2v) is 4.80. The zero-order valence-electron chi connectivity index (χ0n) is 10.5. The number of nitrogens with zero attached hydrogens (tertiary/aromatic N) is 2. The molecule has 0 amide bonds. The Bertz CT molecular complexity index is 318. The number of piperazine rings is 1. The van der Waals surface area contributed by atoms with Crippen LogP contribution in [-0.4, -0.2) is 48.8 Å². The SMILES string of the molecule is C[C@H](O)CCN1CCN(c2ccccc2)CC1. The van der Waals surface area contributed by atoms with E-state index >= 15 is 0 Å². The van der Waals surface area contributed by atoms with E-state index in [1.54, 1.807) is 0 Å². The van der Waals surface area contributed by atoms with Crippen molar-refractivity contribution in [2.24, 2.45) is 0 Å². The van der Waals surface area contributed by atoms with Crippen molar-refractivity contribution in [3.63, 3.8) is 0 Å². The standard InChI is InChI=1S/C14H22N2O/c1-13(17)7-8-15-9-11-16(12-10-15)14-5-3-2-4-6-14/h2-6,13,17H,7-12H2,1H3/t13-/m0/s1. The third-order valence-electron chi connectivity index (χ3n) is 3.36. The topological polar surface area (TPSA) is 26.7 Å². The molecule has 0 spiro atoms. The molecule has 0 saturated carbocycles. The van der Waals surface area contributed by atoms with Gasteiger partial charge in [-0.3, -0.25) is 4.90 Å². The lowest BCUT2D eigenvalue weighted by Gasteiger charge is -2.36. The van der Waals surface area contributed by atoms with Gasteiger partial charge in [-0.25, -0.2) is 0 Å². The zero-order valence-corrected chi connectivity index (χ0v) is 10.5. The molecule has 0 radical (unpaired) electrons. The van der Waals surface area contributed by atoms with Crippen LogP contribution in [0.4, 0.5) is 5.69 Å². The number of hydrogen-bond donors (Lipinski definition) is 1. The van der Waals surface area contributed by atoms with Crippen LogP contribution < -0.4 is 4.90 Å². The predicted octanol–water partition coefficient (Wildman–Crippen LogP) is 1.58. The van der Waals surface area contributed by atoms with Crippen molar-refractivity contribution in [1.82, 2.24) is 4.90 Å². The Labute approximate surface area is 104 Å². The Morgan fingerprint density at radius 2 is 1.76 bits per heavy atom. The van der Waals surface area contributed by atoms with Gasteiger partial charge in [0.1, 0.15) is 0 Å². The Morgan fingerprint density at radius 1 is 1.12 bits per heavy atom. The maximum Gasteiger partial charge on any atom is 0.0524 e. The zero-order chi connectivity index (χ0) is 12.1. The molecule has 1 aliphatic rings. The normalized spacial score (nSPS) is 19.3. The van der Waals surface area contributed by atoms with Crippen LogP contribution in [0.1, 0.15) is 13.3 Å². The van der Waals surface area contributed by atoms with Crippen LogP contribution >= 0.6 is 0 Å². The summed E-state index contributed by atoms with van der Waals surface area (Å²) in [6, 6.07) is 10.6. The molecule has 94 valence electrons. The number of hydrogen-bond acceptors (Lipinski definition) is 3. The number of benzene rings is 1. The largest absolute Gasteiger partial charge is 0.393 e. The molecule has 17 heavy (non-hydrogen) atoms. The Balaban J connectivity index is 1.78. The minimum atomic E-state index is -0.179. The smallest absolute Gasteiger partial charge is 0.0524 e. The fourth-order valence-corrected chi connectivity index (χ4v) is 2.24. The van der Waals surface area contributed by atoms with Gasteiger partial charge in [0.25, 0.3) is 0 Å². The summed E-state index contributed by atoms with van der Waals surface area (Å²) in [6.07, 6.45) is 0.702. The molecule has 1 N–H and O–H groups in total. The molecule has 0 unspecified atom stereocenters. The molecule has 1 aliphatic heterocycles. The van der Waals surface area contributed by atoms with Gasteiger partial charge in [-0.15, -0.1) is 0 Å². The van der Waals surface area contributed by atoms with Crippen LogP contribution in [0, 0.1) is 0 Å². The number of anilines is 1. The summed E-state index contributed by atoms with van der Waals surface area (Å²) in [7, 11) is 0. The molecule has 1 fully saturated rings. The van der Waals surface area contributed by atoms with Crippen LogP contribution in [0.5, 0.6) is 0 Å². The van der Waals surface area contributed by atoms with Crippen LogP contribution in [0.2, 0.25) is 0 Å². The summed E-state index contributed by atoms with van der Waals surface area (Å²) < 4.78 is 0. The van der Waals surface area contributed by atoms with Gasteiger partial charge in [0.05, 0.1) is 6.10 Å². The molecule has 0 aromatic heterocycles. The van der Waals surface area contributed by atoms with Crippen molar-refractivity contribution in [3.8, 4) is 0 Å². The number of aliphatic hydroxyl groups is 1. The fraction of sp³-hybridized carbons (Fsp3) is 0.571. The number of aliphatic hydroxyl groups excluding tert-OH is 1. The van der Waals surface area contributed by atoms with Crippen molar-refractivity contribution in [2.75, 3.05) is 37.6 Å². The molecule has 1 heterocycles. The van der Waals surface area contributed by atoms with Gasteiger partial charge in [-0.1, -0.05) is 18.2 Å². The molecular weight excluding hydrogens is 212 g/mol. The second kappa shape index (κ2) is 6.03. The van der Waals surface area contributed by atoms with Crippen molar-refractivity contribution >= 4 is 5.69 Å². The van der Waals surface area contributed by atoms with E-state index in [1.807, 2.05) is 6.92 Å². The highest BCUT2D eigenvalue weighted by atomic mass is 16.3. The second-order valence-electron chi connectivity index (χ2n) is 4.80. The van der Waals surface area contributed by atoms with Crippen LogP contribution in [-0.2, 0) is 0 Å². The molecule has 1 aromatic rings. The maximum absolute atomic E-state index is 9.28. The first-order chi connectivity index (χ1) is 8.25. The summed E-state index contributed by atoms with van der Waals surface area (Å²) in [6.45, 7) is 7.25. The quantitative estimate of drug-likeness (QED) is 0.857. The van der Waals surface area contributed by atoms with Gasteiger partial charge in [0.15, 0.2) is 0 Å². The third kappa shape index (κ3) is 3.72. The lowest BCUT2D eigenvalue weighted by atomic mass is 10.2. The first-order valence-electron chi connectivity index (χ1n) is 6.46. The Hall–Kier alpha value is -1.06. The van der Waals surface area contributed by atoms with Crippen molar-refractivity contribution < 1.29 is 5.11 Å².